The lowest BCUT2D eigenvalue weighted by Gasteiger charge is -2.02. The third-order valence-electron chi connectivity index (χ3n) is 2.26. The van der Waals surface area contributed by atoms with Gasteiger partial charge >= 0.3 is 0 Å². The molecule has 1 aromatic carbocycles. The quantitative estimate of drug-likeness (QED) is 0.815. The third kappa shape index (κ3) is 2.71. The molecule has 2 aromatic rings. The molecule has 0 atom stereocenters. The standard InChI is InChI=1S/C12H10Cl2N2/c1-8-2-4-9(5-3-8)6-10-7-11(13)12(14)16-15-10/h2-5,7H,6H2,1H3. The minimum Gasteiger partial charge on any atom is -0.154 e. The Bertz CT molecular complexity index is 495. The number of hydrogen-bond acceptors (Lipinski definition) is 2. The predicted octanol–water partition coefficient (Wildman–Crippen LogP) is 3.68. The highest BCUT2D eigenvalue weighted by Gasteiger charge is 2.03. The minimum absolute atomic E-state index is 0.245. The number of rotatable bonds is 2. The van der Waals surface area contributed by atoms with Gasteiger partial charge in [0, 0.05) is 6.42 Å². The minimum atomic E-state index is 0.245. The fraction of sp³-hybridized carbons (Fsp3) is 0.167. The zero-order valence-corrected chi connectivity index (χ0v) is 10.3. The van der Waals surface area contributed by atoms with Crippen LogP contribution in [0.4, 0.5) is 0 Å². The van der Waals surface area contributed by atoms with Gasteiger partial charge in [0.25, 0.3) is 0 Å². The lowest BCUT2D eigenvalue weighted by molar-refractivity contribution is 0.937. The molecule has 2 rings (SSSR count). The third-order valence-corrected chi connectivity index (χ3v) is 2.93. The van der Waals surface area contributed by atoms with Gasteiger partial charge < -0.3 is 0 Å². The van der Waals surface area contributed by atoms with Crippen molar-refractivity contribution >= 4 is 23.2 Å². The van der Waals surface area contributed by atoms with Crippen molar-refractivity contribution in [2.75, 3.05) is 0 Å². The molecule has 0 aliphatic heterocycles. The van der Waals surface area contributed by atoms with E-state index in [9.17, 15) is 0 Å². The van der Waals surface area contributed by atoms with Crippen LogP contribution in [0.15, 0.2) is 30.3 Å². The summed E-state index contributed by atoms with van der Waals surface area (Å²) in [7, 11) is 0. The van der Waals surface area contributed by atoms with Crippen LogP contribution in [0.2, 0.25) is 10.2 Å². The van der Waals surface area contributed by atoms with Crippen molar-refractivity contribution in [1.82, 2.24) is 10.2 Å². The molecule has 82 valence electrons. The van der Waals surface area contributed by atoms with Gasteiger partial charge in [0.2, 0.25) is 0 Å². The molecular formula is C12H10Cl2N2. The molecule has 2 nitrogen and oxygen atoms in total. The molecule has 0 fully saturated rings. The Morgan fingerprint density at radius 1 is 1.06 bits per heavy atom. The van der Waals surface area contributed by atoms with E-state index in [2.05, 4.69) is 41.4 Å². The molecule has 0 saturated carbocycles. The summed E-state index contributed by atoms with van der Waals surface area (Å²) < 4.78 is 0. The van der Waals surface area contributed by atoms with Crippen LogP contribution in [-0.2, 0) is 6.42 Å². The van der Waals surface area contributed by atoms with Gasteiger partial charge in [0.05, 0.1) is 10.7 Å². The first-order chi connectivity index (χ1) is 7.65. The highest BCUT2D eigenvalue weighted by Crippen LogP contribution is 2.19. The van der Waals surface area contributed by atoms with E-state index in [0.29, 0.717) is 11.4 Å². The van der Waals surface area contributed by atoms with Gasteiger partial charge in [-0.3, -0.25) is 0 Å². The Labute approximate surface area is 104 Å². The van der Waals surface area contributed by atoms with Crippen molar-refractivity contribution in [3.63, 3.8) is 0 Å². The van der Waals surface area contributed by atoms with Gasteiger partial charge in [-0.25, -0.2) is 0 Å². The number of aromatic nitrogens is 2. The molecule has 0 N–H and O–H groups in total. The molecule has 1 aromatic heterocycles. The molecular weight excluding hydrogens is 243 g/mol. The van der Waals surface area contributed by atoms with Crippen LogP contribution < -0.4 is 0 Å². The van der Waals surface area contributed by atoms with E-state index in [1.807, 2.05) is 0 Å². The van der Waals surface area contributed by atoms with Crippen molar-refractivity contribution in [1.29, 1.82) is 0 Å². The van der Waals surface area contributed by atoms with Crippen LogP contribution in [0.3, 0.4) is 0 Å². The van der Waals surface area contributed by atoms with Gasteiger partial charge in [0.15, 0.2) is 5.15 Å². The molecule has 0 saturated heterocycles. The summed E-state index contributed by atoms with van der Waals surface area (Å²) in [6, 6.07) is 10.0. The normalized spacial score (nSPS) is 10.4. The summed E-state index contributed by atoms with van der Waals surface area (Å²) in [6.45, 7) is 2.06. The maximum Gasteiger partial charge on any atom is 0.170 e. The van der Waals surface area contributed by atoms with E-state index >= 15 is 0 Å². The van der Waals surface area contributed by atoms with Crippen LogP contribution in [0.25, 0.3) is 0 Å². The van der Waals surface area contributed by atoms with Crippen LogP contribution in [0, 0.1) is 6.92 Å². The summed E-state index contributed by atoms with van der Waals surface area (Å²) in [5.74, 6) is 0. The SMILES string of the molecule is Cc1ccc(Cc2cc(Cl)c(Cl)nn2)cc1. The molecule has 0 aliphatic carbocycles. The van der Waals surface area contributed by atoms with E-state index in [1.165, 1.54) is 11.1 Å². The Balaban J connectivity index is 2.20. The second-order valence-corrected chi connectivity index (χ2v) is 4.40. The van der Waals surface area contributed by atoms with E-state index in [4.69, 9.17) is 23.2 Å². The molecule has 0 amide bonds. The lowest BCUT2D eigenvalue weighted by atomic mass is 10.1. The zero-order chi connectivity index (χ0) is 11.5. The summed E-state index contributed by atoms with van der Waals surface area (Å²) in [5.41, 5.74) is 3.24. The fourth-order valence-corrected chi connectivity index (χ4v) is 1.65. The summed E-state index contributed by atoms with van der Waals surface area (Å²) >= 11 is 11.6. The number of hydrogen-bond donors (Lipinski definition) is 0. The van der Waals surface area contributed by atoms with Gasteiger partial charge in [-0.1, -0.05) is 53.0 Å². The Morgan fingerprint density at radius 2 is 1.75 bits per heavy atom. The molecule has 16 heavy (non-hydrogen) atoms. The molecule has 1 heterocycles. The van der Waals surface area contributed by atoms with Gasteiger partial charge in [0.1, 0.15) is 0 Å². The predicted molar refractivity (Wildman–Crippen MR) is 66.0 cm³/mol. The summed E-state index contributed by atoms with van der Waals surface area (Å²) in [5, 5.41) is 8.45. The molecule has 0 unspecified atom stereocenters. The topological polar surface area (TPSA) is 25.8 Å². The Hall–Kier alpha value is -1.12. The molecule has 0 spiro atoms. The smallest absolute Gasteiger partial charge is 0.154 e. The highest BCUT2D eigenvalue weighted by molar-refractivity contribution is 6.41. The van der Waals surface area contributed by atoms with Crippen LogP contribution in [0.1, 0.15) is 16.8 Å². The monoisotopic (exact) mass is 252 g/mol. The van der Waals surface area contributed by atoms with Crippen molar-refractivity contribution < 1.29 is 0 Å². The van der Waals surface area contributed by atoms with E-state index in [-0.39, 0.29) is 5.15 Å². The molecule has 0 bridgehead atoms. The Morgan fingerprint density at radius 3 is 2.38 bits per heavy atom. The van der Waals surface area contributed by atoms with E-state index in [0.717, 1.165) is 5.69 Å². The van der Waals surface area contributed by atoms with E-state index < -0.39 is 0 Å². The van der Waals surface area contributed by atoms with E-state index in [1.54, 1.807) is 6.07 Å². The maximum atomic E-state index is 5.87. The Kier molecular flexibility index (Phi) is 3.42. The largest absolute Gasteiger partial charge is 0.170 e. The van der Waals surface area contributed by atoms with Crippen LogP contribution in [-0.4, -0.2) is 10.2 Å². The number of nitrogens with zero attached hydrogens (tertiary/aromatic N) is 2. The average molecular weight is 253 g/mol. The highest BCUT2D eigenvalue weighted by atomic mass is 35.5. The summed E-state index contributed by atoms with van der Waals surface area (Å²) in [6.07, 6.45) is 0.712. The second-order valence-electron chi connectivity index (χ2n) is 3.64. The first-order valence-electron chi connectivity index (χ1n) is 4.88. The zero-order valence-electron chi connectivity index (χ0n) is 8.74. The van der Waals surface area contributed by atoms with Crippen LogP contribution >= 0.6 is 23.2 Å². The van der Waals surface area contributed by atoms with Crippen molar-refractivity contribution in [3.8, 4) is 0 Å². The van der Waals surface area contributed by atoms with Crippen molar-refractivity contribution in [2.45, 2.75) is 13.3 Å². The summed E-state index contributed by atoms with van der Waals surface area (Å²) in [4.78, 5) is 0. The van der Waals surface area contributed by atoms with Crippen molar-refractivity contribution in [2.24, 2.45) is 0 Å². The molecule has 0 radical (unpaired) electrons. The van der Waals surface area contributed by atoms with Crippen LogP contribution in [0.5, 0.6) is 0 Å². The fourth-order valence-electron chi connectivity index (χ4n) is 1.39. The first kappa shape index (κ1) is 11.4. The first-order valence-corrected chi connectivity index (χ1v) is 5.64. The number of benzene rings is 1. The second kappa shape index (κ2) is 4.81. The molecule has 4 heteroatoms. The van der Waals surface area contributed by atoms with Gasteiger partial charge in [-0.2, -0.15) is 5.10 Å². The number of halogens is 2. The van der Waals surface area contributed by atoms with Gasteiger partial charge in [-0.05, 0) is 18.6 Å². The van der Waals surface area contributed by atoms with Crippen molar-refractivity contribution in [3.05, 3.63) is 57.3 Å². The van der Waals surface area contributed by atoms with Gasteiger partial charge in [-0.15, -0.1) is 5.10 Å². The lowest BCUT2D eigenvalue weighted by Crippen LogP contribution is -1.95. The average Bonchev–Trinajstić information content (AvgIpc) is 2.27. The molecule has 0 aliphatic rings. The maximum absolute atomic E-state index is 5.87. The number of aryl methyl sites for hydroxylation is 1.